The van der Waals surface area contributed by atoms with Crippen LogP contribution < -0.4 is 5.32 Å². The van der Waals surface area contributed by atoms with Gasteiger partial charge in [-0.2, -0.15) is 0 Å². The minimum atomic E-state index is -0.120. The molecule has 0 saturated heterocycles. The Bertz CT molecular complexity index is 1080. The fourth-order valence-electron chi connectivity index (χ4n) is 2.67. The molecule has 0 aliphatic rings. The van der Waals surface area contributed by atoms with Crippen LogP contribution >= 0.6 is 23.1 Å². The summed E-state index contributed by atoms with van der Waals surface area (Å²) in [6.07, 6.45) is 0. The summed E-state index contributed by atoms with van der Waals surface area (Å²) in [5.41, 5.74) is 2.90. The lowest BCUT2D eigenvalue weighted by Crippen LogP contribution is -2.05. The molecule has 0 aliphatic carbocycles. The fraction of sp³-hybridized carbons (Fsp3) is 0.100. The van der Waals surface area contributed by atoms with Gasteiger partial charge in [0, 0.05) is 29.3 Å². The van der Waals surface area contributed by atoms with Crippen molar-refractivity contribution in [1.29, 1.82) is 0 Å². The molecule has 2 heterocycles. The molecule has 0 atom stereocenters. The van der Waals surface area contributed by atoms with E-state index in [1.807, 2.05) is 66.0 Å². The maximum absolute atomic E-state index is 11.2. The molecule has 0 saturated carbocycles. The minimum absolute atomic E-state index is 0.120. The van der Waals surface area contributed by atoms with Crippen LogP contribution in [0.5, 0.6) is 0 Å². The topological polar surface area (TPSA) is 72.7 Å². The lowest BCUT2D eigenvalue weighted by atomic mass is 10.2. The smallest absolute Gasteiger partial charge is 0.223 e. The van der Waals surface area contributed by atoms with Gasteiger partial charge in [-0.3, -0.25) is 9.36 Å². The van der Waals surface area contributed by atoms with E-state index in [1.165, 1.54) is 18.3 Å². The Kier molecular flexibility index (Phi) is 5.50. The molecule has 0 unspecified atom stereocenters. The summed E-state index contributed by atoms with van der Waals surface area (Å²) < 4.78 is 2.06. The van der Waals surface area contributed by atoms with Gasteiger partial charge in [-0.15, -0.1) is 21.5 Å². The summed E-state index contributed by atoms with van der Waals surface area (Å²) in [6, 6.07) is 20.1. The van der Waals surface area contributed by atoms with Crippen molar-refractivity contribution in [1.82, 2.24) is 19.7 Å². The SMILES string of the molecule is CC(=O)Nc1nc(CSc2nnc(-c3ccccc3)n2-c2ccccc2)cs1. The number of hydrogen-bond acceptors (Lipinski definition) is 6. The van der Waals surface area contributed by atoms with Crippen molar-refractivity contribution in [2.75, 3.05) is 5.32 Å². The molecule has 8 heteroatoms. The molecule has 0 spiro atoms. The highest BCUT2D eigenvalue weighted by Gasteiger charge is 2.16. The normalized spacial score (nSPS) is 10.8. The van der Waals surface area contributed by atoms with Crippen molar-refractivity contribution in [3.8, 4) is 17.1 Å². The minimum Gasteiger partial charge on any atom is -0.302 e. The summed E-state index contributed by atoms with van der Waals surface area (Å²) in [5.74, 6) is 1.31. The Morgan fingerprint density at radius 3 is 2.50 bits per heavy atom. The lowest BCUT2D eigenvalue weighted by molar-refractivity contribution is -0.114. The van der Waals surface area contributed by atoms with Crippen LogP contribution in [0, 0.1) is 0 Å². The van der Waals surface area contributed by atoms with Gasteiger partial charge in [0.25, 0.3) is 0 Å². The van der Waals surface area contributed by atoms with Gasteiger partial charge in [0.1, 0.15) is 0 Å². The maximum atomic E-state index is 11.2. The van der Waals surface area contributed by atoms with E-state index in [1.54, 1.807) is 11.8 Å². The standard InChI is InChI=1S/C20H17N5OS2/c1-14(26)21-19-22-16(12-27-19)13-28-20-24-23-18(15-8-4-2-5-9-15)25(20)17-10-6-3-7-11-17/h2-12H,13H2,1H3,(H,21,22,26). The number of amides is 1. The number of benzene rings is 2. The van der Waals surface area contributed by atoms with Crippen LogP contribution in [0.15, 0.2) is 71.2 Å². The third-order valence-corrected chi connectivity index (χ3v) is 5.63. The van der Waals surface area contributed by atoms with Crippen LogP contribution in [0.1, 0.15) is 12.6 Å². The second-order valence-electron chi connectivity index (χ2n) is 5.96. The van der Waals surface area contributed by atoms with Crippen LogP contribution in [-0.2, 0) is 10.5 Å². The molecular weight excluding hydrogens is 390 g/mol. The molecule has 1 N–H and O–H groups in total. The zero-order chi connectivity index (χ0) is 19.3. The number of nitrogens with one attached hydrogen (secondary N) is 1. The molecule has 0 fully saturated rings. The number of para-hydroxylation sites is 1. The van der Waals surface area contributed by atoms with Gasteiger partial charge >= 0.3 is 0 Å². The highest BCUT2D eigenvalue weighted by atomic mass is 32.2. The monoisotopic (exact) mass is 407 g/mol. The number of hydrogen-bond donors (Lipinski definition) is 1. The second-order valence-corrected chi connectivity index (χ2v) is 7.76. The van der Waals surface area contributed by atoms with Gasteiger partial charge in [0.2, 0.25) is 5.91 Å². The molecular formula is C20H17N5OS2. The van der Waals surface area contributed by atoms with Crippen molar-refractivity contribution in [3.05, 3.63) is 71.7 Å². The van der Waals surface area contributed by atoms with Crippen LogP contribution in [-0.4, -0.2) is 25.7 Å². The molecule has 4 aromatic rings. The van der Waals surface area contributed by atoms with Crippen molar-refractivity contribution >= 4 is 34.1 Å². The molecule has 4 rings (SSSR count). The number of carbonyl (C=O) groups excluding carboxylic acids is 1. The zero-order valence-electron chi connectivity index (χ0n) is 15.1. The van der Waals surface area contributed by atoms with Crippen molar-refractivity contribution < 1.29 is 4.79 Å². The summed E-state index contributed by atoms with van der Waals surface area (Å²) in [6.45, 7) is 1.48. The van der Waals surface area contributed by atoms with E-state index < -0.39 is 0 Å². The van der Waals surface area contributed by atoms with Gasteiger partial charge in [0.15, 0.2) is 16.1 Å². The van der Waals surface area contributed by atoms with E-state index >= 15 is 0 Å². The summed E-state index contributed by atoms with van der Waals surface area (Å²) in [5, 5.41) is 14.9. The van der Waals surface area contributed by atoms with Gasteiger partial charge in [-0.25, -0.2) is 4.98 Å². The zero-order valence-corrected chi connectivity index (χ0v) is 16.7. The molecule has 0 aliphatic heterocycles. The predicted molar refractivity (Wildman–Crippen MR) is 113 cm³/mol. The van der Waals surface area contributed by atoms with Crippen molar-refractivity contribution in [3.63, 3.8) is 0 Å². The first-order valence-corrected chi connectivity index (χ1v) is 10.5. The molecule has 1 amide bonds. The Hall–Kier alpha value is -2.97. The Labute approximate surface area is 170 Å². The average molecular weight is 408 g/mol. The Morgan fingerprint density at radius 1 is 1.07 bits per heavy atom. The molecule has 6 nitrogen and oxygen atoms in total. The number of rotatable bonds is 6. The maximum Gasteiger partial charge on any atom is 0.223 e. The lowest BCUT2D eigenvalue weighted by Gasteiger charge is -2.10. The molecule has 0 radical (unpaired) electrons. The average Bonchev–Trinajstić information content (AvgIpc) is 3.34. The largest absolute Gasteiger partial charge is 0.302 e. The summed E-state index contributed by atoms with van der Waals surface area (Å²) in [7, 11) is 0. The van der Waals surface area contributed by atoms with Crippen LogP contribution in [0.4, 0.5) is 5.13 Å². The van der Waals surface area contributed by atoms with E-state index in [-0.39, 0.29) is 5.91 Å². The number of anilines is 1. The van der Waals surface area contributed by atoms with Gasteiger partial charge in [-0.1, -0.05) is 60.3 Å². The van der Waals surface area contributed by atoms with E-state index in [0.29, 0.717) is 10.9 Å². The first-order valence-electron chi connectivity index (χ1n) is 8.62. The number of aromatic nitrogens is 4. The Morgan fingerprint density at radius 2 is 1.79 bits per heavy atom. The van der Waals surface area contributed by atoms with Crippen LogP contribution in [0.3, 0.4) is 0 Å². The number of thioether (sulfide) groups is 1. The van der Waals surface area contributed by atoms with Gasteiger partial charge in [-0.05, 0) is 12.1 Å². The molecule has 0 bridgehead atoms. The van der Waals surface area contributed by atoms with Crippen molar-refractivity contribution in [2.45, 2.75) is 17.8 Å². The Balaban J connectivity index is 1.63. The molecule has 28 heavy (non-hydrogen) atoms. The van der Waals surface area contributed by atoms with E-state index in [2.05, 4.69) is 25.1 Å². The molecule has 140 valence electrons. The van der Waals surface area contributed by atoms with Crippen LogP contribution in [0.25, 0.3) is 17.1 Å². The number of carbonyl (C=O) groups is 1. The molecule has 2 aromatic heterocycles. The molecule has 2 aromatic carbocycles. The third-order valence-electron chi connectivity index (χ3n) is 3.86. The second kappa shape index (κ2) is 8.37. The van der Waals surface area contributed by atoms with Gasteiger partial charge in [0.05, 0.1) is 5.69 Å². The highest BCUT2D eigenvalue weighted by molar-refractivity contribution is 7.98. The highest BCUT2D eigenvalue weighted by Crippen LogP contribution is 2.30. The van der Waals surface area contributed by atoms with Gasteiger partial charge < -0.3 is 5.32 Å². The number of thiazole rings is 1. The fourth-order valence-corrected chi connectivity index (χ4v) is 4.37. The third kappa shape index (κ3) is 4.13. The predicted octanol–water partition coefficient (Wildman–Crippen LogP) is 4.64. The quantitative estimate of drug-likeness (QED) is 0.471. The summed E-state index contributed by atoms with van der Waals surface area (Å²) in [4.78, 5) is 15.6. The summed E-state index contributed by atoms with van der Waals surface area (Å²) >= 11 is 2.98. The van der Waals surface area contributed by atoms with E-state index in [9.17, 15) is 4.79 Å². The van der Waals surface area contributed by atoms with E-state index in [0.717, 1.165) is 27.9 Å². The van der Waals surface area contributed by atoms with Crippen molar-refractivity contribution in [2.24, 2.45) is 0 Å². The van der Waals surface area contributed by atoms with Crippen LogP contribution in [0.2, 0.25) is 0 Å². The first-order chi connectivity index (χ1) is 13.7. The number of nitrogens with zero attached hydrogens (tertiary/aromatic N) is 4. The first kappa shape index (κ1) is 18.4. The van der Waals surface area contributed by atoms with E-state index in [4.69, 9.17) is 0 Å².